The molecule has 0 heterocycles. The second kappa shape index (κ2) is 8.95. The molecule has 124 valence electrons. The largest absolute Gasteiger partial charge is 0.479 e. The molecule has 0 N–H and O–H groups in total. The summed E-state index contributed by atoms with van der Waals surface area (Å²) in [6, 6.07) is 18.8. The minimum atomic E-state index is -0.688. The quantitative estimate of drug-likeness (QED) is 0.762. The second-order valence-electron chi connectivity index (χ2n) is 5.34. The Hall–Kier alpha value is -2.51. The van der Waals surface area contributed by atoms with Crippen LogP contribution in [0.25, 0.3) is 0 Å². The standard InChI is InChI=1S/C19H19ClN2O2/c1-15(24-18-11-6-5-10-17(18)20)19(23)22(13-7-12-21)14-16-8-3-2-4-9-16/h2-6,8-11,15H,7,13-14H2,1H3. The number of nitrogens with zero attached hydrogens (tertiary/aromatic N) is 2. The van der Waals surface area contributed by atoms with Gasteiger partial charge in [-0.1, -0.05) is 54.1 Å². The van der Waals surface area contributed by atoms with Crippen LogP contribution >= 0.6 is 11.6 Å². The highest BCUT2D eigenvalue weighted by atomic mass is 35.5. The number of amides is 1. The van der Waals surface area contributed by atoms with Gasteiger partial charge in [-0.2, -0.15) is 5.26 Å². The zero-order valence-corrected chi connectivity index (χ0v) is 14.2. The van der Waals surface area contributed by atoms with E-state index in [4.69, 9.17) is 21.6 Å². The Morgan fingerprint density at radius 2 is 1.88 bits per heavy atom. The molecule has 0 aliphatic carbocycles. The van der Waals surface area contributed by atoms with Crippen molar-refractivity contribution in [2.24, 2.45) is 0 Å². The molecular weight excluding hydrogens is 324 g/mol. The number of hydrogen-bond acceptors (Lipinski definition) is 3. The molecule has 0 radical (unpaired) electrons. The van der Waals surface area contributed by atoms with Crippen molar-refractivity contribution in [1.82, 2.24) is 4.90 Å². The van der Waals surface area contributed by atoms with Gasteiger partial charge in [0.2, 0.25) is 0 Å². The lowest BCUT2D eigenvalue weighted by atomic mass is 10.2. The number of nitriles is 1. The van der Waals surface area contributed by atoms with Gasteiger partial charge in [-0.25, -0.2) is 0 Å². The second-order valence-corrected chi connectivity index (χ2v) is 5.75. The van der Waals surface area contributed by atoms with Gasteiger partial charge in [0.1, 0.15) is 5.75 Å². The molecule has 2 rings (SSSR count). The number of ether oxygens (including phenoxy) is 1. The molecule has 0 bridgehead atoms. The molecule has 0 aromatic heterocycles. The van der Waals surface area contributed by atoms with Crippen LogP contribution in [0.1, 0.15) is 18.9 Å². The Morgan fingerprint density at radius 1 is 1.21 bits per heavy atom. The summed E-state index contributed by atoms with van der Waals surface area (Å²) in [6.07, 6.45) is -0.412. The van der Waals surface area contributed by atoms with Crippen molar-refractivity contribution >= 4 is 17.5 Å². The normalized spacial score (nSPS) is 11.4. The fraction of sp³-hybridized carbons (Fsp3) is 0.263. The van der Waals surface area contributed by atoms with Crippen molar-refractivity contribution in [2.75, 3.05) is 6.54 Å². The number of hydrogen-bond donors (Lipinski definition) is 0. The van der Waals surface area contributed by atoms with Crippen molar-refractivity contribution < 1.29 is 9.53 Å². The zero-order chi connectivity index (χ0) is 17.4. The van der Waals surface area contributed by atoms with Crippen molar-refractivity contribution in [2.45, 2.75) is 26.0 Å². The Kier molecular flexibility index (Phi) is 6.65. The van der Waals surface area contributed by atoms with Gasteiger partial charge < -0.3 is 9.64 Å². The van der Waals surface area contributed by atoms with Crippen molar-refractivity contribution in [3.63, 3.8) is 0 Å². The van der Waals surface area contributed by atoms with E-state index in [0.717, 1.165) is 5.56 Å². The van der Waals surface area contributed by atoms with E-state index in [0.29, 0.717) is 23.9 Å². The molecule has 5 heteroatoms. The average Bonchev–Trinajstić information content (AvgIpc) is 2.60. The molecule has 0 aliphatic rings. The Labute approximate surface area is 147 Å². The first kappa shape index (κ1) is 17.8. The third kappa shape index (κ3) is 5.00. The number of halogens is 1. The number of benzene rings is 2. The SMILES string of the molecule is CC(Oc1ccccc1Cl)C(=O)N(CCC#N)Cc1ccccc1. The van der Waals surface area contributed by atoms with Gasteiger partial charge in [-0.15, -0.1) is 0 Å². The first-order valence-electron chi connectivity index (χ1n) is 7.72. The van der Waals surface area contributed by atoms with E-state index in [1.807, 2.05) is 30.3 Å². The van der Waals surface area contributed by atoms with E-state index in [1.165, 1.54) is 0 Å². The lowest BCUT2D eigenvalue weighted by Gasteiger charge is -2.25. The minimum Gasteiger partial charge on any atom is -0.479 e. The molecule has 2 aromatic carbocycles. The fourth-order valence-electron chi connectivity index (χ4n) is 2.29. The molecule has 0 spiro atoms. The first-order chi connectivity index (χ1) is 11.6. The van der Waals surface area contributed by atoms with Gasteiger partial charge in [-0.05, 0) is 24.6 Å². The predicted molar refractivity (Wildman–Crippen MR) is 93.6 cm³/mol. The number of carbonyl (C=O) groups excluding carboxylic acids is 1. The molecule has 1 atom stereocenters. The molecule has 1 amide bonds. The number of carbonyl (C=O) groups is 1. The van der Waals surface area contributed by atoms with Crippen LogP contribution in [0.3, 0.4) is 0 Å². The van der Waals surface area contributed by atoms with Gasteiger partial charge >= 0.3 is 0 Å². The van der Waals surface area contributed by atoms with Crippen molar-refractivity contribution in [1.29, 1.82) is 5.26 Å². The maximum atomic E-state index is 12.7. The average molecular weight is 343 g/mol. The third-order valence-electron chi connectivity index (χ3n) is 3.51. The summed E-state index contributed by atoms with van der Waals surface area (Å²) < 4.78 is 5.70. The highest BCUT2D eigenvalue weighted by Crippen LogP contribution is 2.24. The summed E-state index contributed by atoms with van der Waals surface area (Å²) in [6.45, 7) is 2.49. The minimum absolute atomic E-state index is 0.172. The fourth-order valence-corrected chi connectivity index (χ4v) is 2.47. The summed E-state index contributed by atoms with van der Waals surface area (Å²) in [4.78, 5) is 14.4. The molecule has 2 aromatic rings. The van der Waals surface area contributed by atoms with E-state index in [9.17, 15) is 4.79 Å². The molecule has 0 aliphatic heterocycles. The highest BCUT2D eigenvalue weighted by Gasteiger charge is 2.22. The predicted octanol–water partition coefficient (Wildman–Crippen LogP) is 4.05. The van der Waals surface area contributed by atoms with E-state index in [2.05, 4.69) is 6.07 Å². The van der Waals surface area contributed by atoms with E-state index < -0.39 is 6.10 Å². The summed E-state index contributed by atoms with van der Waals surface area (Å²) in [5.74, 6) is 0.300. The molecule has 4 nitrogen and oxygen atoms in total. The summed E-state index contributed by atoms with van der Waals surface area (Å²) in [7, 11) is 0. The summed E-state index contributed by atoms with van der Waals surface area (Å²) in [5, 5.41) is 9.30. The lowest BCUT2D eigenvalue weighted by Crippen LogP contribution is -2.40. The van der Waals surface area contributed by atoms with Crippen molar-refractivity contribution in [3.05, 3.63) is 65.2 Å². The number of rotatable bonds is 7. The third-order valence-corrected chi connectivity index (χ3v) is 3.82. The monoisotopic (exact) mass is 342 g/mol. The topological polar surface area (TPSA) is 53.3 Å². The molecule has 1 unspecified atom stereocenters. The van der Waals surface area contributed by atoms with Gasteiger partial charge in [0.05, 0.1) is 17.5 Å². The van der Waals surface area contributed by atoms with Crippen LogP contribution in [0.5, 0.6) is 5.75 Å². The summed E-state index contributed by atoms with van der Waals surface area (Å²) >= 11 is 6.07. The lowest BCUT2D eigenvalue weighted by molar-refractivity contribution is -0.138. The van der Waals surface area contributed by atoms with E-state index in [-0.39, 0.29) is 12.3 Å². The van der Waals surface area contributed by atoms with Crippen LogP contribution in [0, 0.1) is 11.3 Å². The maximum absolute atomic E-state index is 12.7. The van der Waals surface area contributed by atoms with Crippen LogP contribution in [0.2, 0.25) is 5.02 Å². The zero-order valence-electron chi connectivity index (χ0n) is 13.5. The molecule has 0 fully saturated rings. The Bertz CT molecular complexity index is 713. The van der Waals surface area contributed by atoms with E-state index >= 15 is 0 Å². The smallest absolute Gasteiger partial charge is 0.263 e. The first-order valence-corrected chi connectivity index (χ1v) is 8.10. The van der Waals surface area contributed by atoms with Gasteiger partial charge in [0, 0.05) is 13.1 Å². The van der Waals surface area contributed by atoms with Crippen LogP contribution in [-0.2, 0) is 11.3 Å². The maximum Gasteiger partial charge on any atom is 0.263 e. The molecule has 24 heavy (non-hydrogen) atoms. The van der Waals surface area contributed by atoms with Crippen LogP contribution in [-0.4, -0.2) is 23.5 Å². The van der Waals surface area contributed by atoms with Gasteiger partial charge in [0.15, 0.2) is 6.10 Å². The van der Waals surface area contributed by atoms with Crippen LogP contribution < -0.4 is 4.74 Å². The molecule has 0 saturated heterocycles. The summed E-state index contributed by atoms with van der Waals surface area (Å²) in [5.41, 5.74) is 1.01. The molecule has 0 saturated carbocycles. The van der Waals surface area contributed by atoms with Gasteiger partial charge in [0.25, 0.3) is 5.91 Å². The molecular formula is C19H19ClN2O2. The van der Waals surface area contributed by atoms with Gasteiger partial charge in [-0.3, -0.25) is 4.79 Å². The van der Waals surface area contributed by atoms with E-state index in [1.54, 1.807) is 36.1 Å². The number of para-hydroxylation sites is 1. The van der Waals surface area contributed by atoms with Crippen LogP contribution in [0.15, 0.2) is 54.6 Å². The highest BCUT2D eigenvalue weighted by molar-refractivity contribution is 6.32. The van der Waals surface area contributed by atoms with Crippen molar-refractivity contribution in [3.8, 4) is 11.8 Å². The Morgan fingerprint density at radius 3 is 2.54 bits per heavy atom. The Balaban J connectivity index is 2.08. The van der Waals surface area contributed by atoms with Crippen LogP contribution in [0.4, 0.5) is 0 Å².